The number of nitrogens with zero attached hydrogens (tertiary/aromatic N) is 2. The highest BCUT2D eigenvalue weighted by atomic mass is 16.5. The smallest absolute Gasteiger partial charge is 0.128 e. The van der Waals surface area contributed by atoms with E-state index in [-0.39, 0.29) is 0 Å². The predicted molar refractivity (Wildman–Crippen MR) is 64.6 cm³/mol. The van der Waals surface area contributed by atoms with Gasteiger partial charge in [-0.3, -0.25) is 0 Å². The lowest BCUT2D eigenvalue weighted by molar-refractivity contribution is 0.154. The number of pyridine rings is 1. The number of aliphatic hydroxyl groups excluding tert-OH is 1. The Labute approximate surface area is 96.9 Å². The van der Waals surface area contributed by atoms with Crippen LogP contribution in [0, 0.1) is 0 Å². The van der Waals surface area contributed by atoms with Crippen LogP contribution in [0.4, 0.5) is 5.82 Å². The molecule has 0 radical (unpaired) electrons. The molecule has 0 spiro atoms. The van der Waals surface area contributed by atoms with Crippen molar-refractivity contribution in [3.8, 4) is 0 Å². The summed E-state index contributed by atoms with van der Waals surface area (Å²) in [5, 5.41) is 9.47. The van der Waals surface area contributed by atoms with Crippen molar-refractivity contribution in [2.24, 2.45) is 0 Å². The number of aliphatic hydroxyl groups is 1. The van der Waals surface area contributed by atoms with Crippen molar-refractivity contribution >= 4 is 5.82 Å². The van der Waals surface area contributed by atoms with E-state index in [9.17, 15) is 5.11 Å². The first-order chi connectivity index (χ1) is 7.65. The van der Waals surface area contributed by atoms with Crippen LogP contribution in [0.25, 0.3) is 0 Å². The summed E-state index contributed by atoms with van der Waals surface area (Å²) in [5.74, 6) is 0.859. The zero-order valence-electron chi connectivity index (χ0n) is 10.2. The minimum absolute atomic E-state index is 0.456. The highest BCUT2D eigenvalue weighted by Crippen LogP contribution is 2.16. The monoisotopic (exact) mass is 224 g/mol. The molecule has 1 rings (SSSR count). The third-order valence-corrected chi connectivity index (χ3v) is 2.42. The van der Waals surface area contributed by atoms with Gasteiger partial charge in [0.05, 0.1) is 12.7 Å². The number of ether oxygens (including phenoxy) is 1. The van der Waals surface area contributed by atoms with E-state index >= 15 is 0 Å². The van der Waals surface area contributed by atoms with Crippen molar-refractivity contribution in [1.82, 2.24) is 4.98 Å². The van der Waals surface area contributed by atoms with Crippen LogP contribution in [0.3, 0.4) is 0 Å². The summed E-state index contributed by atoms with van der Waals surface area (Å²) in [6.07, 6.45) is 1.26. The van der Waals surface area contributed by atoms with Gasteiger partial charge in [0.25, 0.3) is 0 Å². The Morgan fingerprint density at radius 2 is 2.31 bits per heavy atom. The first-order valence-corrected chi connectivity index (χ1v) is 5.58. The van der Waals surface area contributed by atoms with Gasteiger partial charge in [-0.1, -0.05) is 0 Å². The average molecular weight is 224 g/mol. The first kappa shape index (κ1) is 12.9. The molecule has 0 fully saturated rings. The van der Waals surface area contributed by atoms with Gasteiger partial charge in [-0.2, -0.15) is 0 Å². The van der Waals surface area contributed by atoms with Gasteiger partial charge in [-0.25, -0.2) is 4.98 Å². The van der Waals surface area contributed by atoms with Gasteiger partial charge in [-0.05, 0) is 31.5 Å². The highest BCUT2D eigenvalue weighted by molar-refractivity contribution is 5.40. The summed E-state index contributed by atoms with van der Waals surface area (Å²) in [7, 11) is 1.97. The largest absolute Gasteiger partial charge is 0.389 e. The molecule has 0 aliphatic heterocycles. The predicted octanol–water partition coefficient (Wildman–Crippen LogP) is 1.61. The third-order valence-electron chi connectivity index (χ3n) is 2.42. The van der Waals surface area contributed by atoms with Gasteiger partial charge in [0.15, 0.2) is 0 Å². The second kappa shape index (κ2) is 6.45. The van der Waals surface area contributed by atoms with Gasteiger partial charge < -0.3 is 14.7 Å². The van der Waals surface area contributed by atoms with E-state index in [1.807, 2.05) is 31.0 Å². The fourth-order valence-corrected chi connectivity index (χ4v) is 1.36. The summed E-state index contributed by atoms with van der Waals surface area (Å²) >= 11 is 0. The number of rotatable bonds is 6. The second-order valence-electron chi connectivity index (χ2n) is 3.74. The maximum Gasteiger partial charge on any atom is 0.128 e. The minimum Gasteiger partial charge on any atom is -0.389 e. The Bertz CT molecular complexity index is 316. The Hall–Kier alpha value is -1.13. The fraction of sp³-hybridized carbons (Fsp3) is 0.583. The van der Waals surface area contributed by atoms with E-state index in [0.717, 1.165) is 24.5 Å². The van der Waals surface area contributed by atoms with Crippen LogP contribution >= 0.6 is 0 Å². The summed E-state index contributed by atoms with van der Waals surface area (Å²) in [6.45, 7) is 5.94. The SMILES string of the molecule is CCOCCN(C)c1cc([C@H](C)O)ccn1. The summed E-state index contributed by atoms with van der Waals surface area (Å²) in [5.41, 5.74) is 0.883. The van der Waals surface area contributed by atoms with Gasteiger partial charge in [0.2, 0.25) is 0 Å². The topological polar surface area (TPSA) is 45.6 Å². The highest BCUT2D eigenvalue weighted by Gasteiger charge is 2.06. The normalized spacial score (nSPS) is 12.5. The zero-order chi connectivity index (χ0) is 12.0. The number of anilines is 1. The van der Waals surface area contributed by atoms with Crippen molar-refractivity contribution < 1.29 is 9.84 Å². The standard InChI is InChI=1S/C12H20N2O2/c1-4-16-8-7-14(3)12-9-11(10(2)15)5-6-13-12/h5-6,9-10,15H,4,7-8H2,1-3H3/t10-/m0/s1. The maximum absolute atomic E-state index is 9.47. The van der Waals surface area contributed by atoms with Gasteiger partial charge >= 0.3 is 0 Å². The molecule has 1 aromatic heterocycles. The molecule has 1 heterocycles. The molecule has 0 saturated carbocycles. The molecule has 0 amide bonds. The molecule has 0 saturated heterocycles. The lowest BCUT2D eigenvalue weighted by Gasteiger charge is -2.18. The lowest BCUT2D eigenvalue weighted by atomic mass is 10.2. The van der Waals surface area contributed by atoms with Crippen LogP contribution in [0.15, 0.2) is 18.3 Å². The second-order valence-corrected chi connectivity index (χ2v) is 3.74. The first-order valence-electron chi connectivity index (χ1n) is 5.58. The Balaban J connectivity index is 2.60. The minimum atomic E-state index is -0.456. The van der Waals surface area contributed by atoms with Gasteiger partial charge in [0, 0.05) is 26.4 Å². The quantitative estimate of drug-likeness (QED) is 0.746. The molecule has 0 aliphatic rings. The van der Waals surface area contributed by atoms with E-state index in [4.69, 9.17) is 4.74 Å². The van der Waals surface area contributed by atoms with Crippen molar-refractivity contribution in [3.63, 3.8) is 0 Å². The van der Waals surface area contributed by atoms with Crippen LogP contribution < -0.4 is 4.90 Å². The molecule has 16 heavy (non-hydrogen) atoms. The van der Waals surface area contributed by atoms with Crippen LogP contribution in [0.1, 0.15) is 25.5 Å². The number of hydrogen-bond donors (Lipinski definition) is 1. The van der Waals surface area contributed by atoms with Crippen molar-refractivity contribution in [3.05, 3.63) is 23.9 Å². The van der Waals surface area contributed by atoms with Crippen LogP contribution in [0.5, 0.6) is 0 Å². The van der Waals surface area contributed by atoms with E-state index in [0.29, 0.717) is 6.61 Å². The lowest BCUT2D eigenvalue weighted by Crippen LogP contribution is -2.23. The Kier molecular flexibility index (Phi) is 5.22. The molecule has 90 valence electrons. The summed E-state index contributed by atoms with van der Waals surface area (Å²) in [4.78, 5) is 6.28. The third kappa shape index (κ3) is 3.79. The molecule has 1 atom stereocenters. The van der Waals surface area contributed by atoms with Crippen LogP contribution in [-0.4, -0.2) is 36.9 Å². The van der Waals surface area contributed by atoms with Crippen molar-refractivity contribution in [2.45, 2.75) is 20.0 Å². The van der Waals surface area contributed by atoms with Crippen LogP contribution in [-0.2, 0) is 4.74 Å². The molecule has 4 nitrogen and oxygen atoms in total. The van der Waals surface area contributed by atoms with E-state index < -0.39 is 6.10 Å². The Morgan fingerprint density at radius 3 is 2.94 bits per heavy atom. The summed E-state index contributed by atoms with van der Waals surface area (Å²) in [6, 6.07) is 3.72. The van der Waals surface area contributed by atoms with E-state index in [2.05, 4.69) is 4.98 Å². The Morgan fingerprint density at radius 1 is 1.56 bits per heavy atom. The van der Waals surface area contributed by atoms with E-state index in [1.54, 1.807) is 13.1 Å². The molecule has 4 heteroatoms. The number of aromatic nitrogens is 1. The van der Waals surface area contributed by atoms with Gasteiger partial charge in [0.1, 0.15) is 5.82 Å². The summed E-state index contributed by atoms with van der Waals surface area (Å²) < 4.78 is 5.28. The fourth-order valence-electron chi connectivity index (χ4n) is 1.36. The molecular weight excluding hydrogens is 204 g/mol. The number of likely N-dealkylation sites (N-methyl/N-ethyl adjacent to an activating group) is 1. The van der Waals surface area contributed by atoms with Crippen LogP contribution in [0.2, 0.25) is 0 Å². The molecule has 1 aromatic rings. The number of hydrogen-bond acceptors (Lipinski definition) is 4. The van der Waals surface area contributed by atoms with Crippen molar-refractivity contribution in [2.75, 3.05) is 31.7 Å². The van der Waals surface area contributed by atoms with E-state index in [1.165, 1.54) is 0 Å². The van der Waals surface area contributed by atoms with Crippen molar-refractivity contribution in [1.29, 1.82) is 0 Å². The molecule has 0 aromatic carbocycles. The molecule has 0 aliphatic carbocycles. The maximum atomic E-state index is 9.47. The molecule has 0 bridgehead atoms. The molecular formula is C12H20N2O2. The molecule has 0 unspecified atom stereocenters. The zero-order valence-corrected chi connectivity index (χ0v) is 10.2. The van der Waals surface area contributed by atoms with Gasteiger partial charge in [-0.15, -0.1) is 0 Å². The average Bonchev–Trinajstić information content (AvgIpc) is 2.29. The molecule has 1 N–H and O–H groups in total.